The monoisotopic (exact) mass is 421 g/mol. The van der Waals surface area contributed by atoms with Gasteiger partial charge in [0.1, 0.15) is 24.9 Å². The molecule has 0 bridgehead atoms. The van der Waals surface area contributed by atoms with Gasteiger partial charge in [-0.1, -0.05) is 0 Å². The summed E-state index contributed by atoms with van der Waals surface area (Å²) >= 11 is 0. The lowest BCUT2D eigenvalue weighted by molar-refractivity contribution is -0.0450. The number of hydrogen-bond acceptors (Lipinski definition) is 10. The van der Waals surface area contributed by atoms with E-state index in [-0.39, 0.29) is 6.04 Å². The van der Waals surface area contributed by atoms with E-state index in [4.69, 9.17) is 21.3 Å². The Balaban J connectivity index is 1.91. The fraction of sp³-hybridized carbons (Fsp3) is 1.00. The summed E-state index contributed by atoms with van der Waals surface area (Å²) < 4.78 is 5.42. The zero-order valence-corrected chi connectivity index (χ0v) is 17.6. The van der Waals surface area contributed by atoms with Gasteiger partial charge in [0.05, 0.1) is 19.4 Å². The molecule has 5 atom stereocenters. The summed E-state index contributed by atoms with van der Waals surface area (Å²) in [4.78, 5) is 1.89. The van der Waals surface area contributed by atoms with Crippen LogP contribution in [-0.2, 0) is 4.74 Å². The molecule has 174 valence electrons. The predicted molar refractivity (Wildman–Crippen MR) is 111 cm³/mol. The van der Waals surface area contributed by atoms with Gasteiger partial charge >= 0.3 is 0 Å². The Morgan fingerprint density at radius 2 is 1.69 bits per heavy atom. The molecule has 0 aromatic rings. The van der Waals surface area contributed by atoms with Crippen LogP contribution in [0.3, 0.4) is 0 Å². The number of unbranched alkanes of at least 4 members (excludes halogenated alkanes) is 2. The second-order valence-electron chi connectivity index (χ2n) is 7.79. The number of ether oxygens (including phenoxy) is 1. The molecule has 0 aromatic carbocycles. The van der Waals surface area contributed by atoms with E-state index in [1.807, 2.05) is 4.90 Å². The number of nitrogens with two attached hydrogens (primary N) is 2. The highest BCUT2D eigenvalue weighted by atomic mass is 16.5. The zero-order valence-electron chi connectivity index (χ0n) is 17.6. The van der Waals surface area contributed by atoms with Gasteiger partial charge < -0.3 is 36.6 Å². The number of likely N-dealkylation sites (tertiary alicyclic amines) is 1. The van der Waals surface area contributed by atoms with E-state index in [1.165, 1.54) is 0 Å². The van der Waals surface area contributed by atoms with Crippen molar-refractivity contribution in [2.45, 2.75) is 88.7 Å². The van der Waals surface area contributed by atoms with Gasteiger partial charge in [0.15, 0.2) is 0 Å². The highest BCUT2D eigenvalue weighted by Crippen LogP contribution is 2.22. The maximum absolute atomic E-state index is 10.3. The molecular formula is C19H43N5O5. The van der Waals surface area contributed by atoms with Crippen LogP contribution in [0.15, 0.2) is 0 Å². The molecule has 1 rings (SSSR count). The van der Waals surface area contributed by atoms with E-state index in [2.05, 4.69) is 10.6 Å². The first-order valence-corrected chi connectivity index (χ1v) is 10.9. The van der Waals surface area contributed by atoms with Gasteiger partial charge in [0.2, 0.25) is 0 Å². The van der Waals surface area contributed by atoms with Gasteiger partial charge in [-0.2, -0.15) is 0 Å². The van der Waals surface area contributed by atoms with E-state index in [1.54, 1.807) is 0 Å². The number of nitrogens with one attached hydrogen (secondary N) is 2. The van der Waals surface area contributed by atoms with E-state index in [0.29, 0.717) is 39.1 Å². The highest BCUT2D eigenvalue weighted by molar-refractivity contribution is 4.83. The van der Waals surface area contributed by atoms with Gasteiger partial charge in [-0.15, -0.1) is 0 Å². The number of aliphatic hydroxyl groups excluding tert-OH is 4. The summed E-state index contributed by atoms with van der Waals surface area (Å²) in [5.41, 5.74) is 10.8. The Bertz CT molecular complexity index is 392. The van der Waals surface area contributed by atoms with E-state index in [9.17, 15) is 15.3 Å². The highest BCUT2D eigenvalue weighted by Gasteiger charge is 2.32. The van der Waals surface area contributed by atoms with Gasteiger partial charge in [0.25, 0.3) is 0 Å². The standard InChI is InChI=1S/C19H43N5O5/c20-16(25)7-1-3-10-22-14-29-13-9-17(26)23-11-4-2-8-18(27)24-12-5-6-15(24)19(21)28/h15-19,22-23,25-28H,1-14,20-21H2. The Morgan fingerprint density at radius 3 is 2.41 bits per heavy atom. The number of rotatable bonds is 18. The topological polar surface area (TPSA) is 169 Å². The lowest BCUT2D eigenvalue weighted by atomic mass is 10.1. The predicted octanol–water partition coefficient (Wildman–Crippen LogP) is -1.47. The molecule has 1 aliphatic rings. The molecule has 1 saturated heterocycles. The largest absolute Gasteiger partial charge is 0.379 e. The Labute approximate surface area is 174 Å². The first kappa shape index (κ1) is 26.6. The number of hydrogen-bond donors (Lipinski definition) is 8. The van der Waals surface area contributed by atoms with Crippen molar-refractivity contribution in [3.63, 3.8) is 0 Å². The summed E-state index contributed by atoms with van der Waals surface area (Å²) in [5.74, 6) is 0. The molecule has 0 spiro atoms. The molecule has 10 heteroatoms. The molecule has 0 aliphatic carbocycles. The molecule has 1 fully saturated rings. The van der Waals surface area contributed by atoms with Crippen molar-refractivity contribution in [1.29, 1.82) is 0 Å². The summed E-state index contributed by atoms with van der Waals surface area (Å²) in [6.07, 6.45) is 4.15. The molecule has 10 N–H and O–H groups in total. The van der Waals surface area contributed by atoms with Crippen LogP contribution in [0, 0.1) is 0 Å². The smallest absolute Gasteiger partial charge is 0.118 e. The molecule has 0 aromatic heterocycles. The third-order valence-electron chi connectivity index (χ3n) is 5.23. The maximum atomic E-state index is 10.3. The summed E-state index contributed by atoms with van der Waals surface area (Å²) in [6.45, 7) is 3.14. The molecule has 0 amide bonds. The minimum Gasteiger partial charge on any atom is -0.379 e. The van der Waals surface area contributed by atoms with Crippen molar-refractivity contribution in [1.82, 2.24) is 15.5 Å². The van der Waals surface area contributed by atoms with Gasteiger partial charge in [0, 0.05) is 13.0 Å². The molecule has 10 nitrogen and oxygen atoms in total. The summed E-state index contributed by atoms with van der Waals surface area (Å²) in [5, 5.41) is 44.9. The maximum Gasteiger partial charge on any atom is 0.118 e. The van der Waals surface area contributed by atoms with Crippen LogP contribution in [0.25, 0.3) is 0 Å². The van der Waals surface area contributed by atoms with Crippen molar-refractivity contribution in [2.24, 2.45) is 11.5 Å². The molecule has 1 aliphatic heterocycles. The van der Waals surface area contributed by atoms with Crippen LogP contribution in [-0.4, -0.2) is 89.3 Å². The fourth-order valence-electron chi connectivity index (χ4n) is 3.56. The third kappa shape index (κ3) is 12.8. The first-order valence-electron chi connectivity index (χ1n) is 10.9. The van der Waals surface area contributed by atoms with E-state index in [0.717, 1.165) is 51.6 Å². The van der Waals surface area contributed by atoms with Crippen LogP contribution < -0.4 is 22.1 Å². The summed E-state index contributed by atoms with van der Waals surface area (Å²) in [6, 6.07) is -0.154. The zero-order chi connectivity index (χ0) is 21.5. The molecule has 29 heavy (non-hydrogen) atoms. The van der Waals surface area contributed by atoms with Crippen molar-refractivity contribution >= 4 is 0 Å². The molecular weight excluding hydrogens is 378 g/mol. The Kier molecular flexibility index (Phi) is 15.0. The van der Waals surface area contributed by atoms with Crippen LogP contribution in [0.5, 0.6) is 0 Å². The lowest BCUT2D eigenvalue weighted by Crippen LogP contribution is -2.48. The van der Waals surface area contributed by atoms with Crippen molar-refractivity contribution in [3.8, 4) is 0 Å². The van der Waals surface area contributed by atoms with Gasteiger partial charge in [-0.05, 0) is 64.5 Å². The second-order valence-corrected chi connectivity index (χ2v) is 7.79. The normalized spacial score (nSPS) is 21.9. The third-order valence-corrected chi connectivity index (χ3v) is 5.23. The van der Waals surface area contributed by atoms with Gasteiger partial charge in [-0.3, -0.25) is 15.5 Å². The molecule has 0 saturated carbocycles. The number of nitrogens with zero attached hydrogens (tertiary/aromatic N) is 1. The Hall–Kier alpha value is -0.400. The number of aliphatic hydroxyl groups is 4. The lowest BCUT2D eigenvalue weighted by Gasteiger charge is -2.31. The minimum absolute atomic E-state index is 0.154. The van der Waals surface area contributed by atoms with E-state index >= 15 is 0 Å². The van der Waals surface area contributed by atoms with Crippen molar-refractivity contribution in [2.75, 3.05) is 33.0 Å². The van der Waals surface area contributed by atoms with Crippen molar-refractivity contribution in [3.05, 3.63) is 0 Å². The average Bonchev–Trinajstić information content (AvgIpc) is 3.16. The average molecular weight is 422 g/mol. The van der Waals surface area contributed by atoms with Crippen molar-refractivity contribution < 1.29 is 25.2 Å². The minimum atomic E-state index is -0.911. The van der Waals surface area contributed by atoms with Crippen LogP contribution >= 0.6 is 0 Å². The quantitative estimate of drug-likeness (QED) is 0.0965. The SMILES string of the molecule is NC(O)CCCCNCOCCC(O)NCCCCC(O)N1CCCC1C(N)O. The van der Waals surface area contributed by atoms with Crippen LogP contribution in [0.4, 0.5) is 0 Å². The summed E-state index contributed by atoms with van der Waals surface area (Å²) in [7, 11) is 0. The molecule has 1 heterocycles. The Morgan fingerprint density at radius 1 is 0.966 bits per heavy atom. The van der Waals surface area contributed by atoms with E-state index < -0.39 is 24.9 Å². The van der Waals surface area contributed by atoms with Gasteiger partial charge in [-0.25, -0.2) is 0 Å². The second kappa shape index (κ2) is 16.3. The molecule has 0 radical (unpaired) electrons. The molecule has 5 unspecified atom stereocenters. The van der Waals surface area contributed by atoms with Crippen LogP contribution in [0.2, 0.25) is 0 Å². The first-order chi connectivity index (χ1) is 13.9. The van der Waals surface area contributed by atoms with Crippen LogP contribution in [0.1, 0.15) is 57.8 Å². The fourth-order valence-corrected chi connectivity index (χ4v) is 3.56.